The third-order valence-corrected chi connectivity index (χ3v) is 6.51. The van der Waals surface area contributed by atoms with E-state index in [9.17, 15) is 21.6 Å². The lowest BCUT2D eigenvalue weighted by molar-refractivity contribution is -0.137. The minimum atomic E-state index is -4.52. The number of aromatic nitrogens is 3. The second-order valence-corrected chi connectivity index (χ2v) is 8.16. The van der Waals surface area contributed by atoms with Crippen LogP contribution in [0.4, 0.5) is 13.2 Å². The van der Waals surface area contributed by atoms with Gasteiger partial charge in [-0.25, -0.2) is 9.61 Å². The number of fused-ring (bicyclic) bond motifs is 1. The SMILES string of the molecule is C/S(=N\S(=O)(=O)c1cccc2nonc12)c1ccc(C(F)(F)F)cn1. The smallest absolute Gasteiger partial charge is 0.248 e. The molecule has 12 heteroatoms. The van der Waals surface area contributed by atoms with Gasteiger partial charge >= 0.3 is 6.18 Å². The number of nitrogens with zero attached hydrogens (tertiary/aromatic N) is 4. The molecule has 0 aliphatic rings. The predicted molar refractivity (Wildman–Crippen MR) is 82.2 cm³/mol. The van der Waals surface area contributed by atoms with Gasteiger partial charge in [0.05, 0.1) is 5.56 Å². The predicted octanol–water partition coefficient (Wildman–Crippen LogP) is 2.82. The average Bonchev–Trinajstić information content (AvgIpc) is 3.02. The van der Waals surface area contributed by atoms with E-state index >= 15 is 0 Å². The van der Waals surface area contributed by atoms with Crippen molar-refractivity contribution in [2.24, 2.45) is 3.77 Å². The van der Waals surface area contributed by atoms with Crippen LogP contribution in [0.2, 0.25) is 0 Å². The fourth-order valence-corrected chi connectivity index (χ4v) is 4.85. The van der Waals surface area contributed by atoms with Gasteiger partial charge < -0.3 is 0 Å². The molecule has 3 rings (SSSR count). The van der Waals surface area contributed by atoms with Crippen molar-refractivity contribution < 1.29 is 26.2 Å². The first-order chi connectivity index (χ1) is 11.7. The molecule has 132 valence electrons. The monoisotopic (exact) mass is 390 g/mol. The lowest BCUT2D eigenvalue weighted by atomic mass is 10.3. The highest BCUT2D eigenvalue weighted by Crippen LogP contribution is 2.29. The normalized spacial score (nSPS) is 14.1. The summed E-state index contributed by atoms with van der Waals surface area (Å²) >= 11 is 0. The number of rotatable bonds is 3. The number of benzene rings is 1. The Labute approximate surface area is 142 Å². The lowest BCUT2D eigenvalue weighted by Crippen LogP contribution is -2.07. The summed E-state index contributed by atoms with van der Waals surface area (Å²) < 4.78 is 70.8. The van der Waals surface area contributed by atoms with Crippen molar-refractivity contribution in [2.75, 3.05) is 6.26 Å². The number of sulfonamides is 1. The Morgan fingerprint density at radius 2 is 1.92 bits per heavy atom. The Bertz CT molecular complexity index is 1060. The van der Waals surface area contributed by atoms with Gasteiger partial charge in [-0.3, -0.25) is 0 Å². The quantitative estimate of drug-likeness (QED) is 0.682. The van der Waals surface area contributed by atoms with Crippen molar-refractivity contribution in [1.29, 1.82) is 0 Å². The van der Waals surface area contributed by atoms with E-state index in [0.29, 0.717) is 6.20 Å². The number of hydrogen-bond acceptors (Lipinski definition) is 6. The molecule has 2 aromatic heterocycles. The van der Waals surface area contributed by atoms with Crippen molar-refractivity contribution in [3.63, 3.8) is 0 Å². The van der Waals surface area contributed by atoms with Crippen LogP contribution in [-0.2, 0) is 26.9 Å². The first-order valence-corrected chi connectivity index (χ1v) is 9.60. The second-order valence-electron chi connectivity index (χ2n) is 4.80. The zero-order valence-corrected chi connectivity index (χ0v) is 14.1. The Balaban J connectivity index is 2.00. The van der Waals surface area contributed by atoms with E-state index in [4.69, 9.17) is 0 Å². The van der Waals surface area contributed by atoms with Crippen LogP contribution in [0.15, 0.2) is 54.8 Å². The Morgan fingerprint density at radius 3 is 2.56 bits per heavy atom. The van der Waals surface area contributed by atoms with Crippen molar-refractivity contribution >= 4 is 31.7 Å². The fraction of sp³-hybridized carbons (Fsp3) is 0.154. The van der Waals surface area contributed by atoms with Gasteiger partial charge in [-0.15, -0.1) is 3.77 Å². The van der Waals surface area contributed by atoms with E-state index in [-0.39, 0.29) is 21.0 Å². The van der Waals surface area contributed by atoms with Gasteiger partial charge in [-0.05, 0) is 51.5 Å². The van der Waals surface area contributed by atoms with Crippen LogP contribution >= 0.6 is 0 Å². The molecular weight excluding hydrogens is 381 g/mol. The maximum Gasteiger partial charge on any atom is 0.417 e. The summed E-state index contributed by atoms with van der Waals surface area (Å²) in [7, 11) is -5.42. The van der Waals surface area contributed by atoms with Crippen LogP contribution in [0.1, 0.15) is 5.56 Å². The Morgan fingerprint density at radius 1 is 1.16 bits per heavy atom. The van der Waals surface area contributed by atoms with Crippen molar-refractivity contribution in [1.82, 2.24) is 15.3 Å². The molecule has 25 heavy (non-hydrogen) atoms. The maximum atomic E-state index is 12.6. The zero-order valence-electron chi connectivity index (χ0n) is 12.4. The second kappa shape index (κ2) is 6.19. The summed E-state index contributed by atoms with van der Waals surface area (Å²) in [6, 6.07) is 6.20. The van der Waals surface area contributed by atoms with Gasteiger partial charge in [0.25, 0.3) is 10.0 Å². The Hall–Kier alpha value is -2.34. The van der Waals surface area contributed by atoms with Crippen molar-refractivity contribution in [3.05, 3.63) is 42.1 Å². The van der Waals surface area contributed by atoms with Crippen LogP contribution in [0.5, 0.6) is 0 Å². The molecule has 7 nitrogen and oxygen atoms in total. The highest BCUT2D eigenvalue weighted by molar-refractivity contribution is 8.00. The third-order valence-electron chi connectivity index (χ3n) is 3.10. The summed E-state index contributed by atoms with van der Waals surface area (Å²) in [4.78, 5) is 3.47. The standard InChI is InChI=1S/C13H9F3N4O3S2/c1-24(11-6-5-8(7-17-11)13(14,15)16)20-25(21,22)10-4-2-3-9-12(10)19-23-18-9/h2-7H,1H3. The van der Waals surface area contributed by atoms with Crippen molar-refractivity contribution in [2.45, 2.75) is 16.1 Å². The summed E-state index contributed by atoms with van der Waals surface area (Å²) in [6.45, 7) is 0. The first-order valence-electron chi connectivity index (χ1n) is 6.57. The minimum absolute atomic E-state index is 0.0311. The molecule has 0 radical (unpaired) electrons. The van der Waals surface area contributed by atoms with Crippen LogP contribution in [-0.4, -0.2) is 30.0 Å². The number of hydrogen-bond donors (Lipinski definition) is 0. The fourth-order valence-electron chi connectivity index (χ4n) is 1.94. The van der Waals surface area contributed by atoms with Crippen molar-refractivity contribution in [3.8, 4) is 0 Å². The molecule has 2 heterocycles. The molecular formula is C13H9F3N4O3S2. The molecule has 0 saturated heterocycles. The Kier molecular flexibility index (Phi) is 4.33. The molecule has 0 N–H and O–H groups in total. The maximum absolute atomic E-state index is 12.6. The molecule has 0 saturated carbocycles. The largest absolute Gasteiger partial charge is 0.417 e. The summed E-state index contributed by atoms with van der Waals surface area (Å²) in [5.74, 6) is 0. The topological polar surface area (TPSA) is 98.3 Å². The van der Waals surface area contributed by atoms with Crippen LogP contribution in [0.3, 0.4) is 0 Å². The van der Waals surface area contributed by atoms with Gasteiger partial charge in [0.2, 0.25) is 0 Å². The van der Waals surface area contributed by atoms with E-state index in [1.807, 2.05) is 0 Å². The zero-order chi connectivity index (χ0) is 18.2. The summed E-state index contributed by atoms with van der Waals surface area (Å²) in [6.07, 6.45) is -2.44. The van der Waals surface area contributed by atoms with E-state index in [2.05, 4.69) is 23.7 Å². The molecule has 0 aliphatic carbocycles. The van der Waals surface area contributed by atoms with Gasteiger partial charge in [-0.2, -0.15) is 21.6 Å². The molecule has 0 spiro atoms. The highest BCUT2D eigenvalue weighted by Gasteiger charge is 2.30. The molecule has 0 amide bonds. The third kappa shape index (κ3) is 3.54. The van der Waals surface area contributed by atoms with Crippen LogP contribution in [0, 0.1) is 0 Å². The minimum Gasteiger partial charge on any atom is -0.248 e. The molecule has 1 aromatic carbocycles. The average molecular weight is 390 g/mol. The number of halogens is 3. The summed E-state index contributed by atoms with van der Waals surface area (Å²) in [5, 5.41) is 7.21. The number of alkyl halides is 3. The van der Waals surface area contributed by atoms with E-state index in [0.717, 1.165) is 12.1 Å². The van der Waals surface area contributed by atoms with E-state index in [1.54, 1.807) is 0 Å². The number of pyridine rings is 1. The van der Waals surface area contributed by atoms with Crippen LogP contribution in [0.25, 0.3) is 11.0 Å². The molecule has 1 unspecified atom stereocenters. The molecule has 1 atom stereocenters. The molecule has 0 aliphatic heterocycles. The van der Waals surface area contributed by atoms with E-state index < -0.39 is 32.5 Å². The van der Waals surface area contributed by atoms with E-state index in [1.165, 1.54) is 24.5 Å². The summed E-state index contributed by atoms with van der Waals surface area (Å²) in [5.41, 5.74) is -0.641. The van der Waals surface area contributed by atoms with Gasteiger partial charge in [0.15, 0.2) is 5.52 Å². The lowest BCUT2D eigenvalue weighted by Gasteiger charge is -2.07. The van der Waals surface area contributed by atoms with Gasteiger partial charge in [0, 0.05) is 6.20 Å². The molecule has 0 bridgehead atoms. The van der Waals surface area contributed by atoms with Crippen LogP contribution < -0.4 is 0 Å². The van der Waals surface area contributed by atoms with Gasteiger partial charge in [-0.1, -0.05) is 6.07 Å². The molecule has 3 aromatic rings. The van der Waals surface area contributed by atoms with Gasteiger partial charge in [0.1, 0.15) is 15.4 Å². The highest BCUT2D eigenvalue weighted by atomic mass is 32.3. The molecule has 0 fully saturated rings. The first kappa shape index (κ1) is 17.5.